The first-order valence-electron chi connectivity index (χ1n) is 9.04. The highest BCUT2D eigenvalue weighted by Gasteiger charge is 2.21. The van der Waals surface area contributed by atoms with Crippen molar-refractivity contribution in [2.75, 3.05) is 7.05 Å². The predicted octanol–water partition coefficient (Wildman–Crippen LogP) is 3.05. The van der Waals surface area contributed by atoms with E-state index in [-0.39, 0.29) is 11.4 Å². The number of pyridine rings is 1. The second kappa shape index (κ2) is 7.79. The summed E-state index contributed by atoms with van der Waals surface area (Å²) in [5.41, 5.74) is 2.53. The largest absolute Gasteiger partial charge is 0.337 e. The Hall–Kier alpha value is -3.23. The predicted molar refractivity (Wildman–Crippen MR) is 103 cm³/mol. The summed E-state index contributed by atoms with van der Waals surface area (Å²) in [6.45, 7) is 8.48. The number of carbonyl (C=O) groups is 1. The Morgan fingerprint density at radius 3 is 2.82 bits per heavy atom. The molecule has 0 aliphatic heterocycles. The fraction of sp³-hybridized carbons (Fsp3) is 0.421. The average molecular weight is 383 g/mol. The molecule has 2 N–H and O–H groups in total. The van der Waals surface area contributed by atoms with E-state index in [1.807, 2.05) is 12.1 Å². The number of amides is 2. The molecule has 0 saturated heterocycles. The van der Waals surface area contributed by atoms with E-state index in [1.54, 1.807) is 37.3 Å². The van der Waals surface area contributed by atoms with Crippen LogP contribution in [0.5, 0.6) is 0 Å². The molecule has 9 nitrogen and oxygen atoms in total. The molecule has 1 atom stereocenters. The van der Waals surface area contributed by atoms with Gasteiger partial charge >= 0.3 is 6.03 Å². The molecule has 3 aromatic heterocycles. The topological polar surface area (TPSA) is 113 Å². The van der Waals surface area contributed by atoms with Gasteiger partial charge in [0.05, 0.1) is 17.9 Å². The lowest BCUT2D eigenvalue weighted by Crippen LogP contribution is -2.38. The summed E-state index contributed by atoms with van der Waals surface area (Å²) in [5, 5.41) is 14.1. The zero-order valence-corrected chi connectivity index (χ0v) is 16.7. The van der Waals surface area contributed by atoms with E-state index in [0.29, 0.717) is 18.3 Å². The minimum Gasteiger partial charge on any atom is -0.337 e. The Morgan fingerprint density at radius 1 is 1.39 bits per heavy atom. The number of carbonyl (C=O) groups excluding carboxylic acids is 1. The zero-order chi connectivity index (χ0) is 20.3. The van der Waals surface area contributed by atoms with Crippen molar-refractivity contribution < 1.29 is 9.32 Å². The molecular weight excluding hydrogens is 358 g/mol. The van der Waals surface area contributed by atoms with Crippen LogP contribution in [0.3, 0.4) is 0 Å². The van der Waals surface area contributed by atoms with Crippen LogP contribution >= 0.6 is 0 Å². The molecule has 0 aliphatic carbocycles. The Morgan fingerprint density at radius 2 is 2.18 bits per heavy atom. The van der Waals surface area contributed by atoms with Gasteiger partial charge in [0.2, 0.25) is 11.7 Å². The Kier molecular flexibility index (Phi) is 5.43. The van der Waals surface area contributed by atoms with Crippen LogP contribution < -0.4 is 5.32 Å². The fourth-order valence-corrected chi connectivity index (χ4v) is 2.53. The quantitative estimate of drug-likeness (QED) is 0.700. The van der Waals surface area contributed by atoms with E-state index < -0.39 is 6.04 Å². The van der Waals surface area contributed by atoms with Crippen molar-refractivity contribution in [3.8, 4) is 11.4 Å². The van der Waals surface area contributed by atoms with Crippen LogP contribution in [0, 0.1) is 0 Å². The van der Waals surface area contributed by atoms with Crippen LogP contribution in [0.4, 0.5) is 4.79 Å². The first-order chi connectivity index (χ1) is 13.2. The summed E-state index contributed by atoms with van der Waals surface area (Å²) < 4.78 is 5.28. The summed E-state index contributed by atoms with van der Waals surface area (Å²) >= 11 is 0. The average Bonchev–Trinajstić information content (AvgIpc) is 3.31. The van der Waals surface area contributed by atoms with E-state index in [4.69, 9.17) is 4.52 Å². The van der Waals surface area contributed by atoms with Crippen LogP contribution in [0.15, 0.2) is 35.1 Å². The number of hydrogen-bond donors (Lipinski definition) is 2. The highest BCUT2D eigenvalue weighted by Crippen LogP contribution is 2.21. The normalized spacial score (nSPS) is 12.6. The molecule has 2 amide bonds. The maximum atomic E-state index is 12.5. The molecule has 3 heterocycles. The Labute approximate surface area is 163 Å². The van der Waals surface area contributed by atoms with Crippen LogP contribution in [0.2, 0.25) is 0 Å². The van der Waals surface area contributed by atoms with E-state index >= 15 is 0 Å². The number of aromatic amines is 1. The van der Waals surface area contributed by atoms with Gasteiger partial charge in [-0.25, -0.2) is 4.79 Å². The summed E-state index contributed by atoms with van der Waals surface area (Å²) in [7, 11) is 1.72. The standard InChI is InChI=1S/C19H25N7O2/c1-12(17-22-16(25-28-17)13-7-6-8-20-10-13)21-18(27)26(5)11-14-9-15(24-23-14)19(2,3)4/h6-10,12H,11H2,1-5H3,(H,21,27)(H,23,24). The molecule has 28 heavy (non-hydrogen) atoms. The second-order valence-electron chi connectivity index (χ2n) is 7.75. The second-order valence-corrected chi connectivity index (χ2v) is 7.75. The third-order valence-corrected chi connectivity index (χ3v) is 4.23. The molecule has 3 aromatic rings. The zero-order valence-electron chi connectivity index (χ0n) is 16.7. The third-order valence-electron chi connectivity index (χ3n) is 4.23. The lowest BCUT2D eigenvalue weighted by atomic mass is 9.92. The minimum atomic E-state index is -0.431. The number of nitrogens with one attached hydrogen (secondary N) is 2. The van der Waals surface area contributed by atoms with Crippen LogP contribution in [-0.2, 0) is 12.0 Å². The van der Waals surface area contributed by atoms with Crippen molar-refractivity contribution in [1.82, 2.24) is 35.5 Å². The molecule has 1 unspecified atom stereocenters. The molecule has 0 aliphatic rings. The summed E-state index contributed by atoms with van der Waals surface area (Å²) in [4.78, 5) is 22.4. The number of rotatable bonds is 5. The molecule has 148 valence electrons. The van der Waals surface area contributed by atoms with Gasteiger partial charge in [0.15, 0.2) is 0 Å². The molecule has 0 radical (unpaired) electrons. The molecule has 0 aromatic carbocycles. The van der Waals surface area contributed by atoms with Crippen LogP contribution in [0.25, 0.3) is 11.4 Å². The number of nitrogens with zero attached hydrogens (tertiary/aromatic N) is 5. The SMILES string of the molecule is CC(NC(=O)N(C)Cc1cc(C(C)(C)C)n[nH]1)c1nc(-c2cccnc2)no1. The lowest BCUT2D eigenvalue weighted by molar-refractivity contribution is 0.200. The van der Waals surface area contributed by atoms with E-state index in [2.05, 4.69) is 51.4 Å². The Bertz CT molecular complexity index is 927. The molecule has 0 saturated carbocycles. The van der Waals surface area contributed by atoms with E-state index in [0.717, 1.165) is 17.0 Å². The summed E-state index contributed by atoms with van der Waals surface area (Å²) in [5.74, 6) is 0.766. The third kappa shape index (κ3) is 4.54. The van der Waals surface area contributed by atoms with Gasteiger partial charge < -0.3 is 14.7 Å². The van der Waals surface area contributed by atoms with Crippen LogP contribution in [0.1, 0.15) is 51.0 Å². The lowest BCUT2D eigenvalue weighted by Gasteiger charge is -2.19. The van der Waals surface area contributed by atoms with Gasteiger partial charge in [0.1, 0.15) is 6.04 Å². The number of aromatic nitrogens is 5. The number of urea groups is 1. The summed E-state index contributed by atoms with van der Waals surface area (Å²) in [6.07, 6.45) is 3.33. The maximum absolute atomic E-state index is 12.5. The first kappa shape index (κ1) is 19.5. The van der Waals surface area contributed by atoms with Gasteiger partial charge in [-0.3, -0.25) is 10.1 Å². The highest BCUT2D eigenvalue weighted by molar-refractivity contribution is 5.74. The molecular formula is C19H25N7O2. The van der Waals surface area contributed by atoms with Gasteiger partial charge in [-0.2, -0.15) is 10.1 Å². The highest BCUT2D eigenvalue weighted by atomic mass is 16.5. The Balaban J connectivity index is 1.59. The first-order valence-corrected chi connectivity index (χ1v) is 9.04. The minimum absolute atomic E-state index is 0.0476. The van der Waals surface area contributed by atoms with Crippen molar-refractivity contribution in [3.63, 3.8) is 0 Å². The number of hydrogen-bond acceptors (Lipinski definition) is 6. The maximum Gasteiger partial charge on any atom is 0.318 e. The summed E-state index contributed by atoms with van der Waals surface area (Å²) in [6, 6.07) is 4.94. The smallest absolute Gasteiger partial charge is 0.318 e. The fourth-order valence-electron chi connectivity index (χ4n) is 2.53. The van der Waals surface area contributed by atoms with Crippen molar-refractivity contribution in [2.24, 2.45) is 0 Å². The van der Waals surface area contributed by atoms with Crippen molar-refractivity contribution in [3.05, 3.63) is 47.9 Å². The molecule has 9 heteroatoms. The molecule has 3 rings (SSSR count). The van der Waals surface area contributed by atoms with Crippen molar-refractivity contribution >= 4 is 6.03 Å². The van der Waals surface area contributed by atoms with E-state index in [9.17, 15) is 4.79 Å². The van der Waals surface area contributed by atoms with Gasteiger partial charge in [-0.15, -0.1) is 0 Å². The van der Waals surface area contributed by atoms with E-state index in [1.165, 1.54) is 0 Å². The molecule has 0 spiro atoms. The van der Waals surface area contributed by atoms with Gasteiger partial charge in [-0.05, 0) is 25.1 Å². The van der Waals surface area contributed by atoms with Crippen molar-refractivity contribution in [2.45, 2.75) is 45.7 Å². The van der Waals surface area contributed by atoms with Crippen LogP contribution in [-0.4, -0.2) is 43.3 Å². The molecule has 0 fully saturated rings. The van der Waals surface area contributed by atoms with Gasteiger partial charge in [-0.1, -0.05) is 25.9 Å². The van der Waals surface area contributed by atoms with Gasteiger partial charge in [0.25, 0.3) is 0 Å². The van der Waals surface area contributed by atoms with Crippen molar-refractivity contribution in [1.29, 1.82) is 0 Å². The number of H-pyrrole nitrogens is 1. The van der Waals surface area contributed by atoms with Gasteiger partial charge in [0, 0.05) is 30.4 Å². The molecule has 0 bridgehead atoms. The monoisotopic (exact) mass is 383 g/mol.